The molecule has 0 bridgehead atoms. The van der Waals surface area contributed by atoms with Crippen molar-refractivity contribution in [2.75, 3.05) is 59.4 Å². The van der Waals surface area contributed by atoms with E-state index in [1.54, 1.807) is 28.4 Å². The first-order chi connectivity index (χ1) is 17.0. The zero-order valence-electron chi connectivity index (χ0n) is 20.1. The van der Waals surface area contributed by atoms with Gasteiger partial charge in [0.15, 0.2) is 5.76 Å². The molecule has 2 aliphatic heterocycles. The summed E-state index contributed by atoms with van der Waals surface area (Å²) in [5.74, 6) is 0.266. The first-order valence-electron chi connectivity index (χ1n) is 12.1. The largest absolute Gasteiger partial charge is 0.459 e. The number of hydrogen-bond acceptors (Lipinski definition) is 7. The zero-order valence-corrected chi connectivity index (χ0v) is 20.9. The number of amides is 2. The van der Waals surface area contributed by atoms with Crippen molar-refractivity contribution < 1.29 is 14.0 Å². The number of carbonyl (C=O) groups excluding carboxylic acids is 2. The van der Waals surface area contributed by atoms with E-state index in [4.69, 9.17) is 9.40 Å². The Bertz CT molecular complexity index is 1130. The Morgan fingerprint density at radius 1 is 0.943 bits per heavy atom. The van der Waals surface area contributed by atoms with Crippen LogP contribution in [0, 0.1) is 0 Å². The van der Waals surface area contributed by atoms with Gasteiger partial charge in [0.25, 0.3) is 5.91 Å². The van der Waals surface area contributed by atoms with Crippen LogP contribution in [-0.4, -0.2) is 95.8 Å². The van der Waals surface area contributed by atoms with Crippen LogP contribution in [-0.2, 0) is 17.8 Å². The van der Waals surface area contributed by atoms with E-state index < -0.39 is 0 Å². The molecule has 2 saturated heterocycles. The minimum atomic E-state index is -0.124. The average Bonchev–Trinajstić information content (AvgIpc) is 3.58. The molecule has 0 spiro atoms. The van der Waals surface area contributed by atoms with Crippen LogP contribution in [0.1, 0.15) is 21.8 Å². The maximum absolute atomic E-state index is 12.8. The molecule has 0 atom stereocenters. The lowest BCUT2D eigenvalue weighted by Gasteiger charge is -2.34. The molecule has 3 aromatic rings. The van der Waals surface area contributed by atoms with Gasteiger partial charge in [-0.05, 0) is 24.7 Å². The summed E-state index contributed by atoms with van der Waals surface area (Å²) in [6, 6.07) is 12.0. The van der Waals surface area contributed by atoms with Crippen molar-refractivity contribution >= 4 is 23.2 Å². The monoisotopic (exact) mass is 493 g/mol. The molecule has 0 radical (unpaired) electrons. The van der Waals surface area contributed by atoms with Crippen LogP contribution in [0.3, 0.4) is 0 Å². The van der Waals surface area contributed by atoms with Crippen LogP contribution in [0.25, 0.3) is 10.6 Å². The van der Waals surface area contributed by atoms with Gasteiger partial charge >= 0.3 is 0 Å². The van der Waals surface area contributed by atoms with Crippen molar-refractivity contribution in [3.63, 3.8) is 0 Å². The molecule has 1 aromatic carbocycles. The van der Waals surface area contributed by atoms with E-state index in [1.165, 1.54) is 11.8 Å². The fourth-order valence-electron chi connectivity index (χ4n) is 4.52. The first kappa shape index (κ1) is 23.7. The van der Waals surface area contributed by atoms with Gasteiger partial charge in [0.05, 0.1) is 18.4 Å². The number of hydrogen-bond donors (Lipinski definition) is 0. The summed E-state index contributed by atoms with van der Waals surface area (Å²) in [4.78, 5) is 38.4. The van der Waals surface area contributed by atoms with Gasteiger partial charge in [-0.25, -0.2) is 4.98 Å². The molecule has 0 N–H and O–H groups in total. The summed E-state index contributed by atoms with van der Waals surface area (Å²) >= 11 is 1.57. The molecule has 2 aromatic heterocycles. The quantitative estimate of drug-likeness (QED) is 0.526. The van der Waals surface area contributed by atoms with Gasteiger partial charge in [0.2, 0.25) is 5.91 Å². The number of thiazole rings is 1. The highest BCUT2D eigenvalue weighted by Crippen LogP contribution is 2.25. The molecule has 8 nitrogen and oxygen atoms in total. The number of benzene rings is 1. The summed E-state index contributed by atoms with van der Waals surface area (Å²) in [5, 5.41) is 2.91. The summed E-state index contributed by atoms with van der Waals surface area (Å²) in [7, 11) is 2.17. The van der Waals surface area contributed by atoms with E-state index in [1.807, 2.05) is 10.3 Å². The number of rotatable bonds is 6. The first-order valence-corrected chi connectivity index (χ1v) is 13.0. The van der Waals surface area contributed by atoms with Crippen LogP contribution < -0.4 is 0 Å². The number of nitrogens with zero attached hydrogens (tertiary/aromatic N) is 5. The molecule has 4 heterocycles. The van der Waals surface area contributed by atoms with Crippen LogP contribution in [0.15, 0.2) is 52.5 Å². The van der Waals surface area contributed by atoms with E-state index in [-0.39, 0.29) is 18.2 Å². The van der Waals surface area contributed by atoms with E-state index in [0.29, 0.717) is 31.9 Å². The van der Waals surface area contributed by atoms with Gasteiger partial charge in [-0.3, -0.25) is 14.5 Å². The highest BCUT2D eigenvalue weighted by Gasteiger charge is 2.26. The van der Waals surface area contributed by atoms with Gasteiger partial charge < -0.3 is 19.1 Å². The molecular weight excluding hydrogens is 462 g/mol. The van der Waals surface area contributed by atoms with Crippen molar-refractivity contribution in [3.05, 3.63) is 65.1 Å². The van der Waals surface area contributed by atoms with E-state index >= 15 is 0 Å². The number of aromatic nitrogens is 1. The standard InChI is InChI=1S/C26H31N5O3S/c1-28-8-10-29(11-9-28)18-20-4-6-21(7-5-20)25-27-22(19-35-25)17-24(32)30-12-14-31(15-13-30)26(33)23-3-2-16-34-23/h2-7,16,19H,8-15,17-18H2,1H3. The van der Waals surface area contributed by atoms with Crippen LogP contribution in [0.4, 0.5) is 0 Å². The SMILES string of the molecule is CN1CCN(Cc2ccc(-c3nc(CC(=O)N4CCN(C(=O)c5ccco5)CC4)cs3)cc2)CC1. The lowest BCUT2D eigenvalue weighted by atomic mass is 10.1. The molecule has 0 saturated carbocycles. The van der Waals surface area contributed by atoms with Crippen LogP contribution in [0.2, 0.25) is 0 Å². The molecule has 0 aliphatic carbocycles. The van der Waals surface area contributed by atoms with E-state index in [0.717, 1.165) is 49.0 Å². The third-order valence-corrected chi connectivity index (χ3v) is 7.68. The van der Waals surface area contributed by atoms with Crippen molar-refractivity contribution in [1.82, 2.24) is 24.6 Å². The summed E-state index contributed by atoms with van der Waals surface area (Å²) in [6.07, 6.45) is 1.78. The Morgan fingerprint density at radius 2 is 1.66 bits per heavy atom. The smallest absolute Gasteiger partial charge is 0.289 e. The maximum Gasteiger partial charge on any atom is 0.289 e. The summed E-state index contributed by atoms with van der Waals surface area (Å²) < 4.78 is 5.20. The van der Waals surface area contributed by atoms with Crippen molar-refractivity contribution in [3.8, 4) is 10.6 Å². The molecule has 35 heavy (non-hydrogen) atoms. The van der Waals surface area contributed by atoms with Crippen LogP contribution in [0.5, 0.6) is 0 Å². The second-order valence-corrected chi connectivity index (χ2v) is 10.1. The van der Waals surface area contributed by atoms with Crippen molar-refractivity contribution in [1.29, 1.82) is 0 Å². The van der Waals surface area contributed by atoms with Gasteiger partial charge in [0.1, 0.15) is 5.01 Å². The fraction of sp³-hybridized carbons (Fsp3) is 0.423. The molecule has 2 amide bonds. The molecule has 2 fully saturated rings. The Balaban J connectivity index is 1.12. The number of furan rings is 1. The Kier molecular flexibility index (Phi) is 7.26. The lowest BCUT2D eigenvalue weighted by molar-refractivity contribution is -0.132. The minimum absolute atomic E-state index is 0.0504. The molecule has 9 heteroatoms. The van der Waals surface area contributed by atoms with Gasteiger partial charge in [0, 0.05) is 69.8 Å². The van der Waals surface area contributed by atoms with Gasteiger partial charge in [-0.2, -0.15) is 0 Å². The minimum Gasteiger partial charge on any atom is -0.459 e. The zero-order chi connectivity index (χ0) is 24.2. The third-order valence-electron chi connectivity index (χ3n) is 6.74. The van der Waals surface area contributed by atoms with Crippen molar-refractivity contribution in [2.24, 2.45) is 0 Å². The summed E-state index contributed by atoms with van der Waals surface area (Å²) in [5.41, 5.74) is 3.20. The second kappa shape index (κ2) is 10.7. The molecule has 184 valence electrons. The highest BCUT2D eigenvalue weighted by molar-refractivity contribution is 7.13. The normalized spacial score (nSPS) is 17.6. The molecule has 5 rings (SSSR count). The molecular formula is C26H31N5O3S. The maximum atomic E-state index is 12.8. The van der Waals surface area contributed by atoms with Gasteiger partial charge in [-0.15, -0.1) is 11.3 Å². The number of carbonyl (C=O) groups is 2. The topological polar surface area (TPSA) is 73.1 Å². The third kappa shape index (κ3) is 5.80. The van der Waals surface area contributed by atoms with Gasteiger partial charge in [-0.1, -0.05) is 24.3 Å². The summed E-state index contributed by atoms with van der Waals surface area (Å²) in [6.45, 7) is 7.51. The number of likely N-dealkylation sites (N-methyl/N-ethyl adjacent to an activating group) is 1. The molecule has 0 unspecified atom stereocenters. The van der Waals surface area contributed by atoms with Crippen LogP contribution >= 0.6 is 11.3 Å². The number of piperazine rings is 2. The Morgan fingerprint density at radius 3 is 2.34 bits per heavy atom. The van der Waals surface area contributed by atoms with E-state index in [9.17, 15) is 9.59 Å². The van der Waals surface area contributed by atoms with Crippen molar-refractivity contribution in [2.45, 2.75) is 13.0 Å². The predicted molar refractivity (Wildman–Crippen MR) is 135 cm³/mol. The fourth-order valence-corrected chi connectivity index (χ4v) is 5.35. The predicted octanol–water partition coefficient (Wildman–Crippen LogP) is 2.68. The van der Waals surface area contributed by atoms with E-state index in [2.05, 4.69) is 41.1 Å². The Hall–Kier alpha value is -3.01. The Labute approximate surface area is 209 Å². The molecule has 2 aliphatic rings. The lowest BCUT2D eigenvalue weighted by Crippen LogP contribution is -2.50. The average molecular weight is 494 g/mol. The highest BCUT2D eigenvalue weighted by atomic mass is 32.1. The second-order valence-electron chi connectivity index (χ2n) is 9.25.